The number of carbonyl (C=O) groups is 2. The zero-order chi connectivity index (χ0) is 19.5. The zero-order valence-corrected chi connectivity index (χ0v) is 15.8. The molecule has 0 saturated carbocycles. The maximum absolute atomic E-state index is 12.6. The van der Waals surface area contributed by atoms with Crippen molar-refractivity contribution in [1.82, 2.24) is 25.0 Å². The standard InChI is InChI=1S/C21H23N5O2/c1-2-26-19-9-4-3-8-17(19)18(24-26)12-23-21(28)15-11-20(27)25(13-15)14-16-7-5-6-10-22-16/h3-10,15H,2,11-14H2,1H3,(H,23,28). The number of aromatic nitrogens is 3. The van der Waals surface area contributed by atoms with Crippen LogP contribution in [0.4, 0.5) is 0 Å². The number of rotatable bonds is 6. The molecule has 1 fully saturated rings. The van der Waals surface area contributed by atoms with E-state index in [1.807, 2.05) is 54.1 Å². The number of pyridine rings is 1. The van der Waals surface area contributed by atoms with Crippen molar-refractivity contribution >= 4 is 22.7 Å². The van der Waals surface area contributed by atoms with Crippen LogP contribution in [0.5, 0.6) is 0 Å². The van der Waals surface area contributed by atoms with Gasteiger partial charge in [0.25, 0.3) is 0 Å². The maximum Gasteiger partial charge on any atom is 0.225 e. The van der Waals surface area contributed by atoms with Gasteiger partial charge in [-0.3, -0.25) is 19.3 Å². The molecule has 0 radical (unpaired) electrons. The highest BCUT2D eigenvalue weighted by molar-refractivity contribution is 5.89. The smallest absolute Gasteiger partial charge is 0.225 e. The molecule has 2 amide bonds. The summed E-state index contributed by atoms with van der Waals surface area (Å²) in [5.74, 6) is -0.450. The van der Waals surface area contributed by atoms with E-state index in [0.29, 0.717) is 19.6 Å². The van der Waals surface area contributed by atoms with Crippen LogP contribution in [-0.4, -0.2) is 38.0 Å². The molecule has 1 atom stereocenters. The first-order chi connectivity index (χ1) is 13.7. The number of hydrogen-bond donors (Lipinski definition) is 1. The second kappa shape index (κ2) is 7.80. The highest BCUT2D eigenvalue weighted by Gasteiger charge is 2.34. The summed E-state index contributed by atoms with van der Waals surface area (Å²) in [7, 11) is 0. The third-order valence-electron chi connectivity index (χ3n) is 5.13. The molecule has 0 spiro atoms. The minimum absolute atomic E-state index is 0.00786. The lowest BCUT2D eigenvalue weighted by Crippen LogP contribution is -2.32. The van der Waals surface area contributed by atoms with Gasteiger partial charge in [-0.05, 0) is 25.1 Å². The van der Waals surface area contributed by atoms with Crippen molar-refractivity contribution in [2.24, 2.45) is 5.92 Å². The van der Waals surface area contributed by atoms with Crippen LogP contribution in [0.3, 0.4) is 0 Å². The molecule has 1 aliphatic rings. The molecule has 1 aromatic carbocycles. The molecule has 28 heavy (non-hydrogen) atoms. The van der Waals surface area contributed by atoms with E-state index in [4.69, 9.17) is 0 Å². The summed E-state index contributed by atoms with van der Waals surface area (Å²) < 4.78 is 1.94. The monoisotopic (exact) mass is 377 g/mol. The van der Waals surface area contributed by atoms with E-state index >= 15 is 0 Å². The number of amides is 2. The van der Waals surface area contributed by atoms with Crippen molar-refractivity contribution in [3.63, 3.8) is 0 Å². The number of benzene rings is 1. The minimum Gasteiger partial charge on any atom is -0.350 e. The quantitative estimate of drug-likeness (QED) is 0.714. The van der Waals surface area contributed by atoms with Crippen molar-refractivity contribution < 1.29 is 9.59 Å². The highest BCUT2D eigenvalue weighted by Crippen LogP contribution is 2.21. The van der Waals surface area contributed by atoms with Gasteiger partial charge in [-0.1, -0.05) is 24.3 Å². The van der Waals surface area contributed by atoms with E-state index in [-0.39, 0.29) is 24.2 Å². The summed E-state index contributed by atoms with van der Waals surface area (Å²) in [4.78, 5) is 30.9. The van der Waals surface area contributed by atoms with Gasteiger partial charge >= 0.3 is 0 Å². The van der Waals surface area contributed by atoms with Gasteiger partial charge in [0, 0.05) is 31.1 Å². The van der Waals surface area contributed by atoms with Gasteiger partial charge in [-0.25, -0.2) is 0 Å². The first kappa shape index (κ1) is 18.2. The summed E-state index contributed by atoms with van der Waals surface area (Å²) in [5, 5.41) is 8.62. The molecule has 7 heteroatoms. The largest absolute Gasteiger partial charge is 0.350 e. The Morgan fingerprint density at radius 3 is 2.82 bits per heavy atom. The Labute approximate surface area is 163 Å². The summed E-state index contributed by atoms with van der Waals surface area (Å²) >= 11 is 0. The predicted octanol–water partition coefficient (Wildman–Crippen LogP) is 2.12. The van der Waals surface area contributed by atoms with Crippen LogP contribution in [0, 0.1) is 5.92 Å². The molecule has 1 N–H and O–H groups in total. The van der Waals surface area contributed by atoms with Crippen molar-refractivity contribution in [1.29, 1.82) is 0 Å². The Morgan fingerprint density at radius 2 is 2.04 bits per heavy atom. The summed E-state index contributed by atoms with van der Waals surface area (Å²) in [6, 6.07) is 13.6. The summed E-state index contributed by atoms with van der Waals surface area (Å²) in [6.45, 7) is 4.04. The number of nitrogens with one attached hydrogen (secondary N) is 1. The second-order valence-corrected chi connectivity index (χ2v) is 6.99. The first-order valence-corrected chi connectivity index (χ1v) is 9.55. The number of likely N-dealkylation sites (tertiary alicyclic amines) is 1. The van der Waals surface area contributed by atoms with Gasteiger partial charge in [-0.15, -0.1) is 0 Å². The van der Waals surface area contributed by atoms with Gasteiger partial charge in [0.15, 0.2) is 0 Å². The van der Waals surface area contributed by atoms with Crippen LogP contribution >= 0.6 is 0 Å². The van der Waals surface area contributed by atoms with Crippen LogP contribution in [0.1, 0.15) is 24.7 Å². The average Bonchev–Trinajstić information content (AvgIpc) is 3.27. The van der Waals surface area contributed by atoms with E-state index in [2.05, 4.69) is 15.4 Å². The van der Waals surface area contributed by atoms with E-state index in [1.54, 1.807) is 11.1 Å². The fourth-order valence-corrected chi connectivity index (χ4v) is 3.67. The molecule has 7 nitrogen and oxygen atoms in total. The normalized spacial score (nSPS) is 16.7. The minimum atomic E-state index is -0.337. The molecular formula is C21H23N5O2. The van der Waals surface area contributed by atoms with Gasteiger partial charge in [0.05, 0.1) is 35.9 Å². The van der Waals surface area contributed by atoms with Gasteiger partial charge in [0.2, 0.25) is 11.8 Å². The topological polar surface area (TPSA) is 80.1 Å². The van der Waals surface area contributed by atoms with Crippen molar-refractivity contribution in [3.05, 3.63) is 60.0 Å². The molecule has 3 aromatic rings. The third kappa shape index (κ3) is 3.60. The Kier molecular flexibility index (Phi) is 5.06. The number of carbonyl (C=O) groups excluding carboxylic acids is 2. The second-order valence-electron chi connectivity index (χ2n) is 6.99. The number of aryl methyl sites for hydroxylation is 1. The lowest BCUT2D eigenvalue weighted by molar-refractivity contribution is -0.129. The molecule has 0 aliphatic carbocycles. The van der Waals surface area contributed by atoms with Gasteiger partial charge in [0.1, 0.15) is 0 Å². The van der Waals surface area contributed by atoms with Crippen LogP contribution in [0.15, 0.2) is 48.7 Å². The van der Waals surface area contributed by atoms with Crippen molar-refractivity contribution in [3.8, 4) is 0 Å². The highest BCUT2D eigenvalue weighted by atomic mass is 16.2. The van der Waals surface area contributed by atoms with Crippen LogP contribution in [0.2, 0.25) is 0 Å². The van der Waals surface area contributed by atoms with Crippen molar-refractivity contribution in [2.45, 2.75) is 33.0 Å². The lowest BCUT2D eigenvalue weighted by Gasteiger charge is -2.16. The number of hydrogen-bond acceptors (Lipinski definition) is 4. The Morgan fingerprint density at radius 1 is 1.21 bits per heavy atom. The predicted molar refractivity (Wildman–Crippen MR) is 105 cm³/mol. The molecular weight excluding hydrogens is 354 g/mol. The van der Waals surface area contributed by atoms with Crippen LogP contribution in [-0.2, 0) is 29.2 Å². The SMILES string of the molecule is CCn1nc(CNC(=O)C2CC(=O)N(Cc3ccccn3)C2)c2ccccc21. The molecule has 3 heterocycles. The Bertz CT molecular complexity index is 998. The maximum atomic E-state index is 12.6. The molecule has 0 bridgehead atoms. The third-order valence-corrected chi connectivity index (χ3v) is 5.13. The van der Waals surface area contributed by atoms with Crippen LogP contribution < -0.4 is 5.32 Å². The first-order valence-electron chi connectivity index (χ1n) is 9.55. The average molecular weight is 377 g/mol. The fraction of sp³-hybridized carbons (Fsp3) is 0.333. The van der Waals surface area contributed by atoms with E-state index in [0.717, 1.165) is 28.8 Å². The summed E-state index contributed by atoms with van der Waals surface area (Å²) in [6.07, 6.45) is 1.95. The van der Waals surface area contributed by atoms with E-state index in [9.17, 15) is 9.59 Å². The molecule has 4 rings (SSSR count). The van der Waals surface area contributed by atoms with Crippen molar-refractivity contribution in [2.75, 3.05) is 6.54 Å². The van der Waals surface area contributed by atoms with Gasteiger partial charge < -0.3 is 10.2 Å². The summed E-state index contributed by atoms with van der Waals surface area (Å²) in [5.41, 5.74) is 2.74. The number of para-hydroxylation sites is 1. The number of fused-ring (bicyclic) bond motifs is 1. The number of nitrogens with zero attached hydrogens (tertiary/aromatic N) is 4. The van der Waals surface area contributed by atoms with E-state index in [1.165, 1.54) is 0 Å². The van der Waals surface area contributed by atoms with Gasteiger partial charge in [-0.2, -0.15) is 5.10 Å². The lowest BCUT2D eigenvalue weighted by atomic mass is 10.1. The molecule has 1 aliphatic heterocycles. The van der Waals surface area contributed by atoms with E-state index < -0.39 is 0 Å². The Hall–Kier alpha value is -3.22. The molecule has 144 valence electrons. The Balaban J connectivity index is 1.39. The molecule has 1 saturated heterocycles. The molecule has 2 aromatic heterocycles. The zero-order valence-electron chi connectivity index (χ0n) is 15.8. The molecule has 1 unspecified atom stereocenters. The fourth-order valence-electron chi connectivity index (χ4n) is 3.67. The van der Waals surface area contributed by atoms with Crippen LogP contribution in [0.25, 0.3) is 10.9 Å².